The highest BCUT2D eigenvalue weighted by molar-refractivity contribution is 5.43. The van der Waals surface area contributed by atoms with Crippen molar-refractivity contribution in [2.45, 2.75) is 26.0 Å². The number of aromatic nitrogens is 2. The van der Waals surface area contributed by atoms with Crippen molar-refractivity contribution < 1.29 is 9.47 Å². The number of rotatable bonds is 10. The lowest BCUT2D eigenvalue weighted by Gasteiger charge is -2.13. The predicted molar refractivity (Wildman–Crippen MR) is 107 cm³/mol. The van der Waals surface area contributed by atoms with Crippen LogP contribution in [0.15, 0.2) is 60.9 Å². The van der Waals surface area contributed by atoms with E-state index in [1.165, 1.54) is 11.1 Å². The topological polar surface area (TPSA) is 48.3 Å². The fourth-order valence-electron chi connectivity index (χ4n) is 2.93. The van der Waals surface area contributed by atoms with Crippen molar-refractivity contribution in [2.24, 2.45) is 7.05 Å². The quantitative estimate of drug-likeness (QED) is 0.556. The summed E-state index contributed by atoms with van der Waals surface area (Å²) < 4.78 is 13.3. The van der Waals surface area contributed by atoms with Gasteiger partial charge in [-0.15, -0.1) is 0 Å². The molecule has 5 nitrogen and oxygen atoms in total. The minimum Gasteiger partial charge on any atom is -0.493 e. The summed E-state index contributed by atoms with van der Waals surface area (Å²) in [6.07, 6.45) is 6.12. The summed E-state index contributed by atoms with van der Waals surface area (Å²) in [6, 6.07) is 16.2. The second kappa shape index (κ2) is 9.78. The van der Waals surface area contributed by atoms with Crippen LogP contribution in [0.4, 0.5) is 0 Å². The molecule has 0 radical (unpaired) electrons. The molecule has 1 N–H and O–H groups in total. The molecule has 1 aromatic heterocycles. The van der Waals surface area contributed by atoms with E-state index in [2.05, 4.69) is 40.9 Å². The number of benzene rings is 2. The van der Waals surface area contributed by atoms with Gasteiger partial charge in [0.1, 0.15) is 6.61 Å². The number of aryl methyl sites for hydroxylation is 2. The molecule has 0 fully saturated rings. The maximum Gasteiger partial charge on any atom is 0.161 e. The van der Waals surface area contributed by atoms with E-state index in [-0.39, 0.29) is 0 Å². The van der Waals surface area contributed by atoms with Crippen LogP contribution >= 0.6 is 0 Å². The molecule has 1 heterocycles. The van der Waals surface area contributed by atoms with Crippen LogP contribution in [0.5, 0.6) is 11.5 Å². The van der Waals surface area contributed by atoms with Crippen LogP contribution in [0.3, 0.4) is 0 Å². The van der Waals surface area contributed by atoms with Crippen LogP contribution in [0.1, 0.15) is 23.1 Å². The molecule has 0 aliphatic rings. The first kappa shape index (κ1) is 19.0. The largest absolute Gasteiger partial charge is 0.493 e. The lowest BCUT2D eigenvalue weighted by molar-refractivity contribution is 0.284. The van der Waals surface area contributed by atoms with Crippen molar-refractivity contribution in [1.29, 1.82) is 0 Å². The van der Waals surface area contributed by atoms with Crippen LogP contribution in [0.25, 0.3) is 0 Å². The zero-order valence-electron chi connectivity index (χ0n) is 16.0. The highest BCUT2D eigenvalue weighted by Gasteiger charge is 2.06. The molecule has 0 unspecified atom stereocenters. The van der Waals surface area contributed by atoms with Crippen molar-refractivity contribution in [1.82, 2.24) is 15.1 Å². The molecular weight excluding hydrogens is 338 g/mol. The molecule has 0 spiro atoms. The van der Waals surface area contributed by atoms with Gasteiger partial charge >= 0.3 is 0 Å². The standard InChI is InChI=1S/C22H27N3O2/c1-25-16-20(15-24-25)9-6-12-23-14-19-10-11-21(26-2)22(13-19)27-17-18-7-4-3-5-8-18/h3-5,7-8,10-11,13,15-16,23H,6,9,12,14,17H2,1-2H3. The van der Waals surface area contributed by atoms with Gasteiger partial charge in [0.2, 0.25) is 0 Å². The molecule has 0 saturated heterocycles. The van der Waals surface area contributed by atoms with Gasteiger partial charge in [-0.25, -0.2) is 0 Å². The number of hydrogen-bond donors (Lipinski definition) is 1. The summed E-state index contributed by atoms with van der Waals surface area (Å²) in [7, 11) is 3.62. The first-order chi connectivity index (χ1) is 13.2. The molecule has 0 amide bonds. The predicted octanol–water partition coefficient (Wildman–Crippen LogP) is 3.73. The Balaban J connectivity index is 1.48. The minimum absolute atomic E-state index is 0.527. The van der Waals surface area contributed by atoms with Crippen molar-refractivity contribution in [3.63, 3.8) is 0 Å². The second-order valence-corrected chi connectivity index (χ2v) is 6.56. The van der Waals surface area contributed by atoms with E-state index in [4.69, 9.17) is 9.47 Å². The normalized spacial score (nSPS) is 10.7. The van der Waals surface area contributed by atoms with Crippen molar-refractivity contribution in [2.75, 3.05) is 13.7 Å². The molecule has 27 heavy (non-hydrogen) atoms. The molecule has 2 aromatic carbocycles. The van der Waals surface area contributed by atoms with Gasteiger partial charge in [0, 0.05) is 19.8 Å². The first-order valence-electron chi connectivity index (χ1n) is 9.26. The van der Waals surface area contributed by atoms with E-state index in [9.17, 15) is 0 Å². The summed E-state index contributed by atoms with van der Waals surface area (Å²) in [5.74, 6) is 1.53. The maximum atomic E-state index is 5.98. The Morgan fingerprint density at radius 2 is 1.85 bits per heavy atom. The Bertz CT molecular complexity index is 831. The molecule has 0 atom stereocenters. The van der Waals surface area contributed by atoms with Crippen molar-refractivity contribution >= 4 is 0 Å². The van der Waals surface area contributed by atoms with Gasteiger partial charge in [0.15, 0.2) is 11.5 Å². The van der Waals surface area contributed by atoms with Crippen molar-refractivity contribution in [3.05, 3.63) is 77.6 Å². The molecule has 3 aromatic rings. The van der Waals surface area contributed by atoms with Crippen LogP contribution in [-0.2, 0) is 26.6 Å². The summed E-state index contributed by atoms with van der Waals surface area (Å²) in [5, 5.41) is 7.69. The highest BCUT2D eigenvalue weighted by Crippen LogP contribution is 2.28. The van der Waals surface area contributed by atoms with Crippen LogP contribution in [-0.4, -0.2) is 23.4 Å². The van der Waals surface area contributed by atoms with Gasteiger partial charge in [-0.3, -0.25) is 4.68 Å². The summed E-state index contributed by atoms with van der Waals surface area (Å²) in [5.41, 5.74) is 3.60. The van der Waals surface area contributed by atoms with E-state index in [0.29, 0.717) is 6.61 Å². The number of ether oxygens (including phenoxy) is 2. The van der Waals surface area contributed by atoms with Crippen molar-refractivity contribution in [3.8, 4) is 11.5 Å². The molecule has 0 saturated carbocycles. The number of nitrogens with zero attached hydrogens (tertiary/aromatic N) is 2. The fourth-order valence-corrected chi connectivity index (χ4v) is 2.93. The lowest BCUT2D eigenvalue weighted by atomic mass is 10.1. The third kappa shape index (κ3) is 5.86. The Hall–Kier alpha value is -2.79. The molecule has 5 heteroatoms. The Morgan fingerprint density at radius 1 is 1.00 bits per heavy atom. The van der Waals surface area contributed by atoms with E-state index in [0.717, 1.165) is 43.0 Å². The van der Waals surface area contributed by atoms with Gasteiger partial charge < -0.3 is 14.8 Å². The Kier molecular flexibility index (Phi) is 6.88. The SMILES string of the molecule is COc1ccc(CNCCCc2cnn(C)c2)cc1OCc1ccccc1. The summed E-state index contributed by atoms with van der Waals surface area (Å²) >= 11 is 0. The average molecular weight is 365 g/mol. The van der Waals surface area contributed by atoms with Gasteiger partial charge in [0.05, 0.1) is 13.3 Å². The van der Waals surface area contributed by atoms with Gasteiger partial charge in [0.25, 0.3) is 0 Å². The third-order valence-corrected chi connectivity index (χ3v) is 4.37. The Morgan fingerprint density at radius 3 is 2.59 bits per heavy atom. The molecule has 0 bridgehead atoms. The first-order valence-corrected chi connectivity index (χ1v) is 9.26. The zero-order chi connectivity index (χ0) is 18.9. The second-order valence-electron chi connectivity index (χ2n) is 6.56. The number of methoxy groups -OCH3 is 1. The molecule has 0 aliphatic heterocycles. The van der Waals surface area contributed by atoms with E-state index in [1.807, 2.05) is 42.2 Å². The van der Waals surface area contributed by atoms with Crippen LogP contribution in [0.2, 0.25) is 0 Å². The highest BCUT2D eigenvalue weighted by atomic mass is 16.5. The summed E-state index contributed by atoms with van der Waals surface area (Å²) in [4.78, 5) is 0. The molecule has 3 rings (SSSR count). The zero-order valence-corrected chi connectivity index (χ0v) is 16.0. The van der Waals surface area contributed by atoms with E-state index in [1.54, 1.807) is 7.11 Å². The van der Waals surface area contributed by atoms with E-state index < -0.39 is 0 Å². The minimum atomic E-state index is 0.527. The molecule has 0 aliphatic carbocycles. The van der Waals surface area contributed by atoms with Crippen LogP contribution < -0.4 is 14.8 Å². The van der Waals surface area contributed by atoms with Gasteiger partial charge in [-0.2, -0.15) is 5.10 Å². The fraction of sp³-hybridized carbons (Fsp3) is 0.318. The summed E-state index contributed by atoms with van der Waals surface area (Å²) in [6.45, 7) is 2.29. The van der Waals surface area contributed by atoms with Crippen LogP contribution in [0, 0.1) is 0 Å². The van der Waals surface area contributed by atoms with Gasteiger partial charge in [-0.1, -0.05) is 36.4 Å². The van der Waals surface area contributed by atoms with E-state index >= 15 is 0 Å². The Labute approximate surface area is 160 Å². The number of nitrogens with one attached hydrogen (secondary N) is 1. The van der Waals surface area contributed by atoms with Gasteiger partial charge in [-0.05, 0) is 48.2 Å². The number of hydrogen-bond acceptors (Lipinski definition) is 4. The third-order valence-electron chi connectivity index (χ3n) is 4.37. The molecule has 142 valence electrons. The average Bonchev–Trinajstić information content (AvgIpc) is 3.12. The smallest absolute Gasteiger partial charge is 0.161 e. The molecular formula is C22H27N3O2. The maximum absolute atomic E-state index is 5.98. The monoisotopic (exact) mass is 365 g/mol. The lowest BCUT2D eigenvalue weighted by Crippen LogP contribution is -2.15.